The molecule has 4 aromatic rings. The molecule has 1 aliphatic rings. The summed E-state index contributed by atoms with van der Waals surface area (Å²) in [4.78, 5) is 28.5. The smallest absolute Gasteiger partial charge is 0.272 e. The molecule has 1 aliphatic carbocycles. The highest BCUT2D eigenvalue weighted by Gasteiger charge is 2.25. The van der Waals surface area contributed by atoms with Gasteiger partial charge in [0.1, 0.15) is 5.69 Å². The Morgan fingerprint density at radius 2 is 1.86 bits per heavy atom. The number of fused-ring (bicyclic) bond motifs is 1. The van der Waals surface area contributed by atoms with Crippen LogP contribution in [0.4, 0.5) is 0 Å². The van der Waals surface area contributed by atoms with E-state index in [1.54, 1.807) is 16.8 Å². The number of aliphatic hydroxyl groups is 1. The van der Waals surface area contributed by atoms with Gasteiger partial charge in [-0.1, -0.05) is 37.1 Å². The minimum atomic E-state index is -0.514. The number of hydrogen-bond donors (Lipinski definition) is 3. The van der Waals surface area contributed by atoms with Gasteiger partial charge < -0.3 is 16.2 Å². The maximum absolute atomic E-state index is 13.0. The van der Waals surface area contributed by atoms with Crippen molar-refractivity contribution >= 4 is 17.3 Å². The molecule has 2 amide bonds. The quantitative estimate of drug-likeness (QED) is 0.400. The molecular weight excluding hydrogens is 442 g/mol. The van der Waals surface area contributed by atoms with Crippen molar-refractivity contribution in [1.29, 1.82) is 0 Å². The molecule has 178 valence electrons. The van der Waals surface area contributed by atoms with Gasteiger partial charge in [-0.15, -0.1) is 0 Å². The number of carbonyl (C=O) groups excluding carboxylic acids is 2. The predicted molar refractivity (Wildman–Crippen MR) is 132 cm³/mol. The van der Waals surface area contributed by atoms with Gasteiger partial charge in [0, 0.05) is 24.2 Å². The first-order chi connectivity index (χ1) is 17.0. The normalized spacial score (nSPS) is 17.9. The van der Waals surface area contributed by atoms with Crippen LogP contribution in [0.15, 0.2) is 67.1 Å². The SMILES string of the molecule is NC(=O)c1cncc(-c2ccc(Cc3cc(C(=O)N[C@H]4CCCC[C@@H]4O)nn4cccc34)cc2)c1. The van der Waals surface area contributed by atoms with Crippen molar-refractivity contribution in [3.8, 4) is 11.1 Å². The summed E-state index contributed by atoms with van der Waals surface area (Å²) < 4.78 is 1.72. The van der Waals surface area contributed by atoms with E-state index in [9.17, 15) is 14.7 Å². The van der Waals surface area contributed by atoms with Gasteiger partial charge in [0.15, 0.2) is 0 Å². The van der Waals surface area contributed by atoms with Crippen LogP contribution in [0.3, 0.4) is 0 Å². The molecule has 35 heavy (non-hydrogen) atoms. The lowest BCUT2D eigenvalue weighted by atomic mass is 9.92. The van der Waals surface area contributed by atoms with E-state index in [1.165, 1.54) is 6.20 Å². The Morgan fingerprint density at radius 1 is 1.06 bits per heavy atom. The maximum Gasteiger partial charge on any atom is 0.272 e. The van der Waals surface area contributed by atoms with Crippen molar-refractivity contribution in [2.24, 2.45) is 5.73 Å². The minimum Gasteiger partial charge on any atom is -0.391 e. The zero-order valence-corrected chi connectivity index (χ0v) is 19.2. The first kappa shape index (κ1) is 22.7. The van der Waals surface area contributed by atoms with E-state index in [-0.39, 0.29) is 11.9 Å². The Morgan fingerprint density at radius 3 is 2.63 bits per heavy atom. The zero-order valence-electron chi connectivity index (χ0n) is 19.2. The van der Waals surface area contributed by atoms with Gasteiger partial charge in [0.2, 0.25) is 5.91 Å². The van der Waals surface area contributed by atoms with E-state index < -0.39 is 12.0 Å². The fourth-order valence-corrected chi connectivity index (χ4v) is 4.64. The fourth-order valence-electron chi connectivity index (χ4n) is 4.64. The summed E-state index contributed by atoms with van der Waals surface area (Å²) in [5.41, 5.74) is 10.8. The standard InChI is InChI=1S/C27H27N5O3/c28-26(34)21-13-20(15-29-16-21)18-9-7-17(8-10-18)12-19-14-23(31-32-11-3-5-24(19)32)27(35)30-22-4-1-2-6-25(22)33/h3,5,7-11,13-16,22,25,33H,1-2,4,6,12H2,(H2,28,34)(H,30,35)/t22-,25-/m0/s1. The van der Waals surface area contributed by atoms with E-state index in [4.69, 9.17) is 5.73 Å². The third kappa shape index (κ3) is 4.93. The molecule has 8 heteroatoms. The van der Waals surface area contributed by atoms with Crippen molar-refractivity contribution in [3.63, 3.8) is 0 Å². The van der Waals surface area contributed by atoms with Crippen LogP contribution < -0.4 is 11.1 Å². The molecule has 3 heterocycles. The average Bonchev–Trinajstić information content (AvgIpc) is 3.35. The average molecular weight is 470 g/mol. The molecule has 1 aromatic carbocycles. The van der Waals surface area contributed by atoms with Gasteiger partial charge >= 0.3 is 0 Å². The third-order valence-corrected chi connectivity index (χ3v) is 6.57. The summed E-state index contributed by atoms with van der Waals surface area (Å²) >= 11 is 0. The first-order valence-corrected chi connectivity index (χ1v) is 11.8. The minimum absolute atomic E-state index is 0.239. The van der Waals surface area contributed by atoms with Crippen molar-refractivity contribution in [1.82, 2.24) is 19.9 Å². The molecule has 5 rings (SSSR count). The summed E-state index contributed by atoms with van der Waals surface area (Å²) in [6, 6.07) is 15.2. The van der Waals surface area contributed by atoms with Crippen LogP contribution in [0.2, 0.25) is 0 Å². The molecule has 4 N–H and O–H groups in total. The number of hydrogen-bond acceptors (Lipinski definition) is 5. The number of benzene rings is 1. The number of carbonyl (C=O) groups is 2. The van der Waals surface area contributed by atoms with Gasteiger partial charge in [-0.2, -0.15) is 5.10 Å². The van der Waals surface area contributed by atoms with E-state index in [2.05, 4.69) is 15.4 Å². The van der Waals surface area contributed by atoms with Crippen molar-refractivity contribution < 1.29 is 14.7 Å². The maximum atomic E-state index is 13.0. The number of rotatable bonds is 6. The molecule has 3 aromatic heterocycles. The molecule has 0 unspecified atom stereocenters. The molecule has 2 atom stereocenters. The molecule has 0 aliphatic heterocycles. The number of nitrogens with zero attached hydrogens (tertiary/aromatic N) is 3. The highest BCUT2D eigenvalue weighted by Crippen LogP contribution is 2.23. The van der Waals surface area contributed by atoms with Crippen molar-refractivity contribution in [2.45, 2.75) is 44.2 Å². The topological polar surface area (TPSA) is 123 Å². The van der Waals surface area contributed by atoms with E-state index in [1.807, 2.05) is 48.7 Å². The first-order valence-electron chi connectivity index (χ1n) is 11.8. The number of primary amides is 1. The van der Waals surface area contributed by atoms with Gasteiger partial charge in [-0.25, -0.2) is 4.52 Å². The van der Waals surface area contributed by atoms with Crippen LogP contribution in [0.1, 0.15) is 57.7 Å². The third-order valence-electron chi connectivity index (χ3n) is 6.57. The summed E-state index contributed by atoms with van der Waals surface area (Å²) in [6.07, 6.45) is 8.54. The van der Waals surface area contributed by atoms with Crippen molar-refractivity contribution in [2.75, 3.05) is 0 Å². The number of amides is 2. The molecular formula is C27H27N5O3. The molecule has 1 fully saturated rings. The molecule has 0 spiro atoms. The lowest BCUT2D eigenvalue weighted by Gasteiger charge is -2.28. The largest absolute Gasteiger partial charge is 0.391 e. The second-order valence-corrected chi connectivity index (χ2v) is 9.02. The van der Waals surface area contributed by atoms with Crippen LogP contribution >= 0.6 is 0 Å². The van der Waals surface area contributed by atoms with Crippen LogP contribution in [0, 0.1) is 0 Å². The Labute approximate surface area is 202 Å². The highest BCUT2D eigenvalue weighted by atomic mass is 16.3. The molecule has 8 nitrogen and oxygen atoms in total. The Kier molecular flexibility index (Phi) is 6.29. The van der Waals surface area contributed by atoms with Crippen molar-refractivity contribution in [3.05, 3.63) is 89.5 Å². The number of aromatic nitrogens is 3. The Hall–Kier alpha value is -4.04. The van der Waals surface area contributed by atoms with E-state index >= 15 is 0 Å². The summed E-state index contributed by atoms with van der Waals surface area (Å²) in [5.74, 6) is -0.785. The fraction of sp³-hybridized carbons (Fsp3) is 0.259. The lowest BCUT2D eigenvalue weighted by Crippen LogP contribution is -2.45. The van der Waals surface area contributed by atoms with E-state index in [0.29, 0.717) is 24.1 Å². The van der Waals surface area contributed by atoms with E-state index in [0.717, 1.165) is 47.0 Å². The van der Waals surface area contributed by atoms with Gasteiger partial charge in [0.25, 0.3) is 5.91 Å². The monoisotopic (exact) mass is 469 g/mol. The van der Waals surface area contributed by atoms with Crippen LogP contribution in [0.25, 0.3) is 16.6 Å². The summed E-state index contributed by atoms with van der Waals surface area (Å²) in [7, 11) is 0. The van der Waals surface area contributed by atoms with Crippen LogP contribution in [-0.2, 0) is 6.42 Å². The van der Waals surface area contributed by atoms with Gasteiger partial charge in [-0.3, -0.25) is 14.6 Å². The van der Waals surface area contributed by atoms with Gasteiger partial charge in [-0.05, 0) is 60.2 Å². The Bertz CT molecular complexity index is 1380. The zero-order chi connectivity index (χ0) is 24.4. The van der Waals surface area contributed by atoms with Crippen LogP contribution in [-0.4, -0.2) is 43.7 Å². The number of pyridine rings is 1. The lowest BCUT2D eigenvalue weighted by molar-refractivity contribution is 0.0712. The Balaban J connectivity index is 1.38. The second-order valence-electron chi connectivity index (χ2n) is 9.02. The molecule has 0 saturated heterocycles. The molecule has 0 radical (unpaired) electrons. The summed E-state index contributed by atoms with van der Waals surface area (Å²) in [6.45, 7) is 0. The second kappa shape index (κ2) is 9.68. The number of nitrogens with one attached hydrogen (secondary N) is 1. The molecule has 1 saturated carbocycles. The highest BCUT2D eigenvalue weighted by molar-refractivity contribution is 5.94. The number of aliphatic hydroxyl groups excluding tert-OH is 1. The molecule has 0 bridgehead atoms. The predicted octanol–water partition coefficient (Wildman–Crippen LogP) is 3.12. The number of nitrogens with two attached hydrogens (primary N) is 1. The summed E-state index contributed by atoms with van der Waals surface area (Å²) in [5, 5.41) is 17.7. The van der Waals surface area contributed by atoms with Gasteiger partial charge in [0.05, 0.1) is 23.2 Å². The van der Waals surface area contributed by atoms with Crippen LogP contribution in [0.5, 0.6) is 0 Å².